The van der Waals surface area contributed by atoms with Gasteiger partial charge in [0.15, 0.2) is 0 Å². The van der Waals surface area contributed by atoms with Gasteiger partial charge in [-0.2, -0.15) is 5.48 Å². The SMILES string of the molecule is CCO[NH2+]Cc1ccccc1.[OH-]. The number of hydrogen-bond acceptors (Lipinski definition) is 2. The lowest BCUT2D eigenvalue weighted by Crippen LogP contribution is -2.81. The fourth-order valence-corrected chi connectivity index (χ4v) is 0.887. The summed E-state index contributed by atoms with van der Waals surface area (Å²) in [7, 11) is 0. The Kier molecular flexibility index (Phi) is 6.28. The predicted molar refractivity (Wildman–Crippen MR) is 45.6 cm³/mol. The van der Waals surface area contributed by atoms with E-state index >= 15 is 0 Å². The third-order valence-corrected chi connectivity index (χ3v) is 1.45. The summed E-state index contributed by atoms with van der Waals surface area (Å²) in [5.74, 6) is 0. The molecule has 12 heavy (non-hydrogen) atoms. The van der Waals surface area contributed by atoms with Gasteiger partial charge in [-0.3, -0.25) is 0 Å². The molecule has 3 N–H and O–H groups in total. The molecule has 0 aliphatic carbocycles. The standard InChI is InChI=1S/C9H13NO.H2O/c1-2-11-10-8-9-6-4-3-5-7-9;/h3-7,10H,2,8H2,1H3;1H2. The van der Waals surface area contributed by atoms with E-state index in [2.05, 4.69) is 12.1 Å². The van der Waals surface area contributed by atoms with Gasteiger partial charge in [0.2, 0.25) is 0 Å². The molecule has 0 fully saturated rings. The van der Waals surface area contributed by atoms with Crippen LogP contribution in [-0.4, -0.2) is 12.1 Å². The maximum absolute atomic E-state index is 5.11. The normalized spacial score (nSPS) is 9.08. The minimum absolute atomic E-state index is 0. The first-order chi connectivity index (χ1) is 5.43. The maximum atomic E-state index is 5.11. The minimum Gasteiger partial charge on any atom is -0.870 e. The number of hydroxylamine groups is 1. The van der Waals surface area contributed by atoms with E-state index in [-0.39, 0.29) is 5.48 Å². The average molecular weight is 169 g/mol. The highest BCUT2D eigenvalue weighted by Gasteiger charge is 1.91. The molecule has 0 aliphatic rings. The third kappa shape index (κ3) is 4.08. The maximum Gasteiger partial charge on any atom is 0.131 e. The zero-order valence-electron chi connectivity index (χ0n) is 7.23. The van der Waals surface area contributed by atoms with Crippen LogP contribution in [0.1, 0.15) is 12.5 Å². The van der Waals surface area contributed by atoms with E-state index in [0.29, 0.717) is 0 Å². The number of rotatable bonds is 4. The monoisotopic (exact) mass is 169 g/mol. The lowest BCUT2D eigenvalue weighted by atomic mass is 10.2. The van der Waals surface area contributed by atoms with Crippen molar-refractivity contribution in [2.24, 2.45) is 0 Å². The lowest BCUT2D eigenvalue weighted by molar-refractivity contribution is -0.907. The number of benzene rings is 1. The van der Waals surface area contributed by atoms with Crippen molar-refractivity contribution in [3.05, 3.63) is 35.9 Å². The number of hydrogen-bond donors (Lipinski definition) is 1. The Labute approximate surface area is 72.6 Å². The number of quaternary nitrogens is 1. The predicted octanol–water partition coefficient (Wildman–Crippen LogP) is 0.525. The van der Waals surface area contributed by atoms with Crippen molar-refractivity contribution < 1.29 is 15.8 Å². The van der Waals surface area contributed by atoms with E-state index in [1.54, 1.807) is 0 Å². The molecule has 1 aromatic carbocycles. The van der Waals surface area contributed by atoms with Crippen LogP contribution in [0.25, 0.3) is 0 Å². The van der Waals surface area contributed by atoms with Gasteiger partial charge in [0.05, 0.1) is 0 Å². The second-order valence-electron chi connectivity index (χ2n) is 2.31. The molecule has 1 aromatic rings. The van der Waals surface area contributed by atoms with Gasteiger partial charge in [-0.25, -0.2) is 4.84 Å². The van der Waals surface area contributed by atoms with Gasteiger partial charge < -0.3 is 5.48 Å². The summed E-state index contributed by atoms with van der Waals surface area (Å²) in [5.41, 5.74) is 3.14. The van der Waals surface area contributed by atoms with Crippen LogP contribution in [0.2, 0.25) is 0 Å². The summed E-state index contributed by atoms with van der Waals surface area (Å²) in [4.78, 5) is 5.11. The second kappa shape index (κ2) is 6.79. The van der Waals surface area contributed by atoms with Crippen LogP contribution in [0.3, 0.4) is 0 Å². The van der Waals surface area contributed by atoms with Crippen molar-refractivity contribution in [2.75, 3.05) is 6.61 Å². The summed E-state index contributed by atoms with van der Waals surface area (Å²) in [6.07, 6.45) is 0. The Morgan fingerprint density at radius 1 is 1.25 bits per heavy atom. The summed E-state index contributed by atoms with van der Waals surface area (Å²) in [6.45, 7) is 3.64. The Morgan fingerprint density at radius 3 is 2.50 bits per heavy atom. The molecule has 0 unspecified atom stereocenters. The van der Waals surface area contributed by atoms with Crippen LogP contribution >= 0.6 is 0 Å². The molecule has 0 spiro atoms. The molecule has 0 aliphatic heterocycles. The zero-order valence-corrected chi connectivity index (χ0v) is 7.23. The Hall–Kier alpha value is -0.900. The van der Waals surface area contributed by atoms with Crippen molar-refractivity contribution in [3.8, 4) is 0 Å². The Morgan fingerprint density at radius 2 is 1.92 bits per heavy atom. The molecule has 0 saturated carbocycles. The second-order valence-corrected chi connectivity index (χ2v) is 2.31. The molecule has 0 amide bonds. The summed E-state index contributed by atoms with van der Waals surface area (Å²) >= 11 is 0. The van der Waals surface area contributed by atoms with Crippen molar-refractivity contribution in [1.82, 2.24) is 0 Å². The highest BCUT2D eigenvalue weighted by molar-refractivity contribution is 5.12. The Bertz CT molecular complexity index is 189. The molecule has 0 saturated heterocycles. The number of nitrogens with two attached hydrogens (primary N) is 1. The van der Waals surface area contributed by atoms with E-state index in [1.165, 1.54) is 5.56 Å². The quantitative estimate of drug-likeness (QED) is 0.528. The van der Waals surface area contributed by atoms with E-state index in [9.17, 15) is 0 Å². The highest BCUT2D eigenvalue weighted by atomic mass is 16.6. The van der Waals surface area contributed by atoms with Crippen LogP contribution in [0.4, 0.5) is 0 Å². The molecule has 68 valence electrons. The van der Waals surface area contributed by atoms with Crippen molar-refractivity contribution in [1.29, 1.82) is 0 Å². The summed E-state index contributed by atoms with van der Waals surface area (Å²) < 4.78 is 0. The molecule has 3 nitrogen and oxygen atoms in total. The third-order valence-electron chi connectivity index (χ3n) is 1.45. The van der Waals surface area contributed by atoms with Crippen molar-refractivity contribution in [2.45, 2.75) is 13.5 Å². The van der Waals surface area contributed by atoms with Crippen LogP contribution in [0.15, 0.2) is 30.3 Å². The smallest absolute Gasteiger partial charge is 0.131 e. The lowest BCUT2D eigenvalue weighted by Gasteiger charge is -1.97. The van der Waals surface area contributed by atoms with Crippen molar-refractivity contribution in [3.63, 3.8) is 0 Å². The van der Waals surface area contributed by atoms with Gasteiger partial charge in [0, 0.05) is 5.56 Å². The summed E-state index contributed by atoms with van der Waals surface area (Å²) in [6, 6.07) is 10.3. The largest absolute Gasteiger partial charge is 0.870 e. The average Bonchev–Trinajstić information content (AvgIpc) is 2.07. The van der Waals surface area contributed by atoms with E-state index in [1.807, 2.05) is 30.6 Å². The van der Waals surface area contributed by atoms with Crippen LogP contribution in [-0.2, 0) is 11.4 Å². The topological polar surface area (TPSA) is 55.8 Å². The van der Waals surface area contributed by atoms with Crippen LogP contribution in [0, 0.1) is 0 Å². The van der Waals surface area contributed by atoms with E-state index < -0.39 is 0 Å². The molecule has 0 bridgehead atoms. The van der Waals surface area contributed by atoms with Gasteiger partial charge in [-0.15, -0.1) is 0 Å². The fourth-order valence-electron chi connectivity index (χ4n) is 0.887. The van der Waals surface area contributed by atoms with Gasteiger partial charge in [0.25, 0.3) is 0 Å². The van der Waals surface area contributed by atoms with Gasteiger partial charge in [0.1, 0.15) is 13.2 Å². The van der Waals surface area contributed by atoms with Gasteiger partial charge >= 0.3 is 0 Å². The molecule has 0 radical (unpaired) electrons. The molecular weight excluding hydrogens is 154 g/mol. The van der Waals surface area contributed by atoms with E-state index in [0.717, 1.165) is 13.2 Å². The van der Waals surface area contributed by atoms with Crippen molar-refractivity contribution >= 4 is 0 Å². The van der Waals surface area contributed by atoms with Crippen LogP contribution in [0.5, 0.6) is 0 Å². The van der Waals surface area contributed by atoms with Gasteiger partial charge in [-0.05, 0) is 6.92 Å². The molecule has 0 heterocycles. The zero-order chi connectivity index (χ0) is 7.94. The first kappa shape index (κ1) is 11.1. The van der Waals surface area contributed by atoms with Gasteiger partial charge in [-0.1, -0.05) is 30.3 Å². The first-order valence-corrected chi connectivity index (χ1v) is 3.90. The highest BCUT2D eigenvalue weighted by Crippen LogP contribution is 1.93. The molecular formula is C9H15NO2. The molecule has 1 rings (SSSR count). The fraction of sp³-hybridized carbons (Fsp3) is 0.333. The minimum atomic E-state index is 0. The van der Waals surface area contributed by atoms with Crippen LogP contribution < -0.4 is 5.48 Å². The van der Waals surface area contributed by atoms with E-state index in [4.69, 9.17) is 4.84 Å². The molecule has 0 atom stereocenters. The molecule has 3 heteroatoms. The summed E-state index contributed by atoms with van der Waals surface area (Å²) in [5, 5.41) is 0. The first-order valence-electron chi connectivity index (χ1n) is 3.90. The molecule has 0 aromatic heterocycles. The Balaban J connectivity index is 0.00000121.